The third kappa shape index (κ3) is 3.22. The number of ether oxygens (including phenoxy) is 2. The van der Waals surface area contributed by atoms with E-state index in [2.05, 4.69) is 21.2 Å². The van der Waals surface area contributed by atoms with Crippen molar-refractivity contribution in [2.24, 2.45) is 0 Å². The minimum absolute atomic E-state index is 0.0260. The first-order chi connectivity index (χ1) is 14.2. The van der Waals surface area contributed by atoms with E-state index in [9.17, 15) is 4.79 Å². The summed E-state index contributed by atoms with van der Waals surface area (Å²) in [6.07, 6.45) is 7.51. The molecule has 3 aromatic rings. The monoisotopic (exact) mass is 410 g/mol. The van der Waals surface area contributed by atoms with Crippen LogP contribution in [-0.2, 0) is 16.8 Å². The van der Waals surface area contributed by atoms with Crippen molar-refractivity contribution in [3.8, 4) is 16.3 Å². The van der Waals surface area contributed by atoms with Crippen LogP contribution >= 0.6 is 11.3 Å². The number of nitrogens with zero attached hydrogens (tertiary/aromatic N) is 3. The van der Waals surface area contributed by atoms with E-state index < -0.39 is 0 Å². The average molecular weight is 410 g/mol. The number of thiophene rings is 1. The Hall–Kier alpha value is -2.71. The summed E-state index contributed by atoms with van der Waals surface area (Å²) in [5.74, 6) is 0.780. The number of hydrogen-bond donors (Lipinski definition) is 1. The summed E-state index contributed by atoms with van der Waals surface area (Å²) >= 11 is 1.80. The molecule has 8 heteroatoms. The van der Waals surface area contributed by atoms with Crippen molar-refractivity contribution in [2.45, 2.75) is 24.9 Å². The molecule has 0 unspecified atom stereocenters. The number of methoxy groups -OCH3 is 1. The maximum Gasteiger partial charge on any atom is 0.257 e. The van der Waals surface area contributed by atoms with Crippen LogP contribution in [0.4, 0.5) is 0 Å². The molecule has 1 saturated heterocycles. The number of carbonyl (C=O) groups excluding carboxylic acids is 1. The highest BCUT2D eigenvalue weighted by atomic mass is 32.1. The second-order valence-electron chi connectivity index (χ2n) is 7.40. The van der Waals surface area contributed by atoms with Crippen molar-refractivity contribution < 1.29 is 14.3 Å². The number of piperidine rings is 1. The Bertz CT molecular complexity index is 1010. The molecule has 0 bridgehead atoms. The number of rotatable bonds is 3. The zero-order valence-electron chi connectivity index (χ0n) is 16.2. The van der Waals surface area contributed by atoms with Crippen molar-refractivity contribution in [2.75, 3.05) is 26.8 Å². The molecular formula is C21H22N4O3S. The molecule has 1 amide bonds. The first-order valence-corrected chi connectivity index (χ1v) is 10.6. The van der Waals surface area contributed by atoms with Crippen molar-refractivity contribution >= 4 is 17.2 Å². The normalized spacial score (nSPS) is 17.9. The van der Waals surface area contributed by atoms with Crippen LogP contribution in [0.2, 0.25) is 0 Å². The molecule has 0 aromatic carbocycles. The molecule has 0 aliphatic carbocycles. The van der Waals surface area contributed by atoms with E-state index in [1.165, 1.54) is 10.4 Å². The van der Waals surface area contributed by atoms with E-state index in [-0.39, 0.29) is 11.5 Å². The number of carbonyl (C=O) groups is 1. The summed E-state index contributed by atoms with van der Waals surface area (Å²) in [4.78, 5) is 21.6. The Morgan fingerprint density at radius 1 is 1.31 bits per heavy atom. The van der Waals surface area contributed by atoms with Gasteiger partial charge >= 0.3 is 0 Å². The standard InChI is InChI=1S/C21H22N4O3S/c1-27-15-2-3-17(22-13-15)19-10-16-18(29-19)4-9-28-21(16)5-7-25(8-6-21)20(26)14-11-23-24-12-14/h2-3,10-13H,4-9H2,1H3,(H,23,24). The number of aromatic amines is 1. The highest BCUT2D eigenvalue weighted by Crippen LogP contribution is 2.46. The van der Waals surface area contributed by atoms with Crippen LogP contribution < -0.4 is 4.74 Å². The number of likely N-dealkylation sites (tertiary alicyclic amines) is 1. The number of H-pyrrole nitrogens is 1. The van der Waals surface area contributed by atoms with Gasteiger partial charge in [-0.15, -0.1) is 11.3 Å². The first kappa shape index (κ1) is 18.3. The van der Waals surface area contributed by atoms with Crippen molar-refractivity contribution in [1.29, 1.82) is 0 Å². The molecule has 5 heterocycles. The summed E-state index contributed by atoms with van der Waals surface area (Å²) in [6, 6.07) is 6.17. The average Bonchev–Trinajstić information content (AvgIpc) is 3.45. The lowest BCUT2D eigenvalue weighted by atomic mass is 9.82. The van der Waals surface area contributed by atoms with E-state index in [1.807, 2.05) is 17.0 Å². The third-order valence-corrected chi connectivity index (χ3v) is 7.05. The number of nitrogens with one attached hydrogen (secondary N) is 1. The Labute approximate surface area is 172 Å². The van der Waals surface area contributed by atoms with Gasteiger partial charge in [-0.3, -0.25) is 14.9 Å². The quantitative estimate of drug-likeness (QED) is 0.717. The summed E-state index contributed by atoms with van der Waals surface area (Å²) in [5, 5.41) is 6.59. The highest BCUT2D eigenvalue weighted by Gasteiger charge is 2.43. The number of hydrogen-bond acceptors (Lipinski definition) is 6. The molecule has 29 heavy (non-hydrogen) atoms. The number of amides is 1. The van der Waals surface area contributed by atoms with Crippen LogP contribution in [0.1, 0.15) is 33.6 Å². The summed E-state index contributed by atoms with van der Waals surface area (Å²) in [6.45, 7) is 2.07. The Morgan fingerprint density at radius 3 is 2.86 bits per heavy atom. The van der Waals surface area contributed by atoms with Crippen LogP contribution in [0.5, 0.6) is 5.75 Å². The molecule has 1 fully saturated rings. The van der Waals surface area contributed by atoms with Gasteiger partial charge in [-0.2, -0.15) is 5.10 Å². The lowest BCUT2D eigenvalue weighted by Crippen LogP contribution is -2.48. The van der Waals surface area contributed by atoms with Gasteiger partial charge in [-0.05, 0) is 36.6 Å². The predicted octanol–water partition coefficient (Wildman–Crippen LogP) is 3.25. The Balaban J connectivity index is 1.38. The smallest absolute Gasteiger partial charge is 0.257 e. The fourth-order valence-electron chi connectivity index (χ4n) is 4.23. The van der Waals surface area contributed by atoms with Gasteiger partial charge in [0, 0.05) is 30.6 Å². The topological polar surface area (TPSA) is 80.3 Å². The first-order valence-electron chi connectivity index (χ1n) is 9.74. The SMILES string of the molecule is COc1ccc(-c2cc3c(s2)CCOC32CCN(C(=O)c3cn[nH]c3)CC2)nc1. The lowest BCUT2D eigenvalue weighted by molar-refractivity contribution is -0.0926. The Morgan fingerprint density at radius 2 is 2.17 bits per heavy atom. The van der Waals surface area contributed by atoms with Gasteiger partial charge in [-0.25, -0.2) is 0 Å². The maximum atomic E-state index is 12.6. The molecule has 2 aliphatic rings. The lowest BCUT2D eigenvalue weighted by Gasteiger charge is -2.44. The number of fused-ring (bicyclic) bond motifs is 2. The molecule has 1 N–H and O–H groups in total. The van der Waals surface area contributed by atoms with Gasteiger partial charge in [0.15, 0.2) is 0 Å². The third-order valence-electron chi connectivity index (χ3n) is 5.84. The van der Waals surface area contributed by atoms with Crippen molar-refractivity contribution in [3.63, 3.8) is 0 Å². The molecule has 0 atom stereocenters. The molecular weight excluding hydrogens is 388 g/mol. The highest BCUT2D eigenvalue weighted by molar-refractivity contribution is 7.15. The van der Waals surface area contributed by atoms with Crippen molar-refractivity contribution in [3.05, 3.63) is 52.8 Å². The maximum absolute atomic E-state index is 12.6. The van der Waals surface area contributed by atoms with E-state index in [4.69, 9.17) is 9.47 Å². The second kappa shape index (κ2) is 7.27. The minimum atomic E-state index is -0.304. The zero-order valence-corrected chi connectivity index (χ0v) is 17.0. The molecule has 7 nitrogen and oxygen atoms in total. The van der Waals surface area contributed by atoms with Gasteiger partial charge in [0.25, 0.3) is 5.91 Å². The van der Waals surface area contributed by atoms with Crippen LogP contribution in [0.15, 0.2) is 36.8 Å². The van der Waals surface area contributed by atoms with Crippen LogP contribution in [0, 0.1) is 0 Å². The number of pyridine rings is 1. The van der Waals surface area contributed by atoms with E-state index in [1.54, 1.807) is 37.0 Å². The van der Waals surface area contributed by atoms with E-state index >= 15 is 0 Å². The van der Waals surface area contributed by atoms with Crippen LogP contribution in [0.25, 0.3) is 10.6 Å². The summed E-state index contributed by atoms with van der Waals surface area (Å²) in [5.41, 5.74) is 2.53. The van der Waals surface area contributed by atoms with Crippen LogP contribution in [0.3, 0.4) is 0 Å². The fraction of sp³-hybridized carbons (Fsp3) is 0.381. The Kier molecular flexibility index (Phi) is 4.60. The van der Waals surface area contributed by atoms with E-state index in [0.29, 0.717) is 18.7 Å². The van der Waals surface area contributed by atoms with Gasteiger partial charge in [-0.1, -0.05) is 0 Å². The number of aromatic nitrogens is 3. The summed E-state index contributed by atoms with van der Waals surface area (Å²) < 4.78 is 11.6. The van der Waals surface area contributed by atoms with Crippen molar-refractivity contribution in [1.82, 2.24) is 20.1 Å². The predicted molar refractivity (Wildman–Crippen MR) is 109 cm³/mol. The minimum Gasteiger partial charge on any atom is -0.495 e. The zero-order chi connectivity index (χ0) is 19.8. The second-order valence-corrected chi connectivity index (χ2v) is 8.54. The molecule has 5 rings (SSSR count). The van der Waals surface area contributed by atoms with E-state index in [0.717, 1.165) is 42.2 Å². The molecule has 3 aromatic heterocycles. The molecule has 2 aliphatic heterocycles. The molecule has 150 valence electrons. The van der Waals surface area contributed by atoms with Crippen LogP contribution in [-0.4, -0.2) is 52.8 Å². The molecule has 0 radical (unpaired) electrons. The fourth-order valence-corrected chi connectivity index (χ4v) is 5.43. The van der Waals surface area contributed by atoms with Gasteiger partial charge < -0.3 is 14.4 Å². The molecule has 1 spiro atoms. The van der Waals surface area contributed by atoms with Gasteiger partial charge in [0.1, 0.15) is 5.75 Å². The van der Waals surface area contributed by atoms with Gasteiger partial charge in [0.05, 0.1) is 47.8 Å². The molecule has 0 saturated carbocycles. The van der Waals surface area contributed by atoms with Gasteiger partial charge in [0.2, 0.25) is 0 Å². The largest absolute Gasteiger partial charge is 0.495 e. The summed E-state index contributed by atoms with van der Waals surface area (Å²) in [7, 11) is 1.64.